The molecule has 1 N–H and O–H groups in total. The lowest BCUT2D eigenvalue weighted by Gasteiger charge is -2.05. The average Bonchev–Trinajstić information content (AvgIpc) is 2.56. The highest BCUT2D eigenvalue weighted by molar-refractivity contribution is 5.91. The van der Waals surface area contributed by atoms with Crippen LogP contribution in [0.5, 0.6) is 0 Å². The minimum atomic E-state index is -1.28. The first-order valence-electron chi connectivity index (χ1n) is 7.44. The predicted molar refractivity (Wildman–Crippen MR) is 88.1 cm³/mol. The smallest absolute Gasteiger partial charge is 0.342 e. The summed E-state index contributed by atoms with van der Waals surface area (Å²) in [6.45, 7) is 2.11. The van der Waals surface area contributed by atoms with Crippen molar-refractivity contribution in [3.05, 3.63) is 81.2 Å². The number of rotatable bonds is 4. The largest absolute Gasteiger partial charge is 0.477 e. The second-order valence-corrected chi connectivity index (χ2v) is 5.46. The lowest BCUT2D eigenvalue weighted by molar-refractivity contribution is 0.0693. The van der Waals surface area contributed by atoms with Gasteiger partial charge in [0.1, 0.15) is 17.4 Å². The number of benzene rings is 2. The molecular weight excluding hydrogens is 292 g/mol. The molecule has 0 spiro atoms. The molecule has 0 radical (unpaired) electrons. The van der Waals surface area contributed by atoms with Crippen LogP contribution >= 0.6 is 0 Å². The van der Waals surface area contributed by atoms with Crippen LogP contribution in [-0.4, -0.2) is 11.1 Å². The molecule has 0 saturated heterocycles. The van der Waals surface area contributed by atoms with E-state index in [1.54, 1.807) is 12.1 Å². The zero-order valence-electron chi connectivity index (χ0n) is 12.7. The van der Waals surface area contributed by atoms with Crippen LogP contribution in [0.3, 0.4) is 0 Å². The molecule has 2 aromatic carbocycles. The van der Waals surface area contributed by atoms with Gasteiger partial charge in [0.15, 0.2) is 0 Å². The molecule has 1 heterocycles. The van der Waals surface area contributed by atoms with Crippen molar-refractivity contribution in [2.75, 3.05) is 0 Å². The highest BCUT2D eigenvalue weighted by Gasteiger charge is 2.13. The van der Waals surface area contributed by atoms with Crippen LogP contribution in [0.25, 0.3) is 11.0 Å². The van der Waals surface area contributed by atoms with Crippen molar-refractivity contribution in [3.63, 3.8) is 0 Å². The van der Waals surface area contributed by atoms with Crippen molar-refractivity contribution in [3.8, 4) is 0 Å². The van der Waals surface area contributed by atoms with Gasteiger partial charge in [-0.05, 0) is 41.7 Å². The summed E-state index contributed by atoms with van der Waals surface area (Å²) in [5.74, 6) is -1.28. The molecule has 23 heavy (non-hydrogen) atoms. The second kappa shape index (κ2) is 6.08. The van der Waals surface area contributed by atoms with Crippen molar-refractivity contribution < 1.29 is 14.3 Å². The van der Waals surface area contributed by atoms with Crippen molar-refractivity contribution in [1.82, 2.24) is 0 Å². The highest BCUT2D eigenvalue weighted by Crippen LogP contribution is 2.17. The molecule has 0 bridgehead atoms. The van der Waals surface area contributed by atoms with Crippen LogP contribution in [0.2, 0.25) is 0 Å². The SMILES string of the molecule is CCc1ccc(Cc2ccc3occ(C(=O)O)c(=O)c3c2)cc1. The molecule has 0 saturated carbocycles. The molecule has 0 amide bonds. The molecule has 1 aromatic heterocycles. The quantitative estimate of drug-likeness (QED) is 0.799. The van der Waals surface area contributed by atoms with E-state index in [9.17, 15) is 9.59 Å². The van der Waals surface area contributed by atoms with E-state index < -0.39 is 11.4 Å². The van der Waals surface area contributed by atoms with Crippen LogP contribution in [0.1, 0.15) is 34.0 Å². The van der Waals surface area contributed by atoms with Gasteiger partial charge in [0.05, 0.1) is 5.39 Å². The van der Waals surface area contributed by atoms with E-state index in [0.717, 1.165) is 23.8 Å². The molecule has 0 aliphatic carbocycles. The van der Waals surface area contributed by atoms with E-state index in [2.05, 4.69) is 31.2 Å². The normalized spacial score (nSPS) is 10.8. The summed E-state index contributed by atoms with van der Waals surface area (Å²) >= 11 is 0. The van der Waals surface area contributed by atoms with Gasteiger partial charge < -0.3 is 9.52 Å². The third-order valence-corrected chi connectivity index (χ3v) is 3.91. The maximum atomic E-state index is 12.2. The Kier molecular flexibility index (Phi) is 3.98. The fraction of sp³-hybridized carbons (Fsp3) is 0.158. The van der Waals surface area contributed by atoms with E-state index in [0.29, 0.717) is 17.4 Å². The lowest BCUT2D eigenvalue weighted by Crippen LogP contribution is -2.14. The number of aryl methyl sites for hydroxylation is 1. The zero-order valence-corrected chi connectivity index (χ0v) is 12.7. The Bertz CT molecular complexity index is 920. The maximum Gasteiger partial charge on any atom is 0.342 e. The van der Waals surface area contributed by atoms with Crippen molar-refractivity contribution in [2.24, 2.45) is 0 Å². The Morgan fingerprint density at radius 2 is 1.70 bits per heavy atom. The summed E-state index contributed by atoms with van der Waals surface area (Å²) in [6.07, 6.45) is 2.67. The predicted octanol–water partition coefficient (Wildman–Crippen LogP) is 3.64. The van der Waals surface area contributed by atoms with Crippen molar-refractivity contribution in [2.45, 2.75) is 19.8 Å². The maximum absolute atomic E-state index is 12.2. The molecular formula is C19H16O4. The molecule has 0 aliphatic heterocycles. The molecule has 3 aromatic rings. The summed E-state index contributed by atoms with van der Waals surface area (Å²) < 4.78 is 5.24. The Balaban J connectivity index is 1.99. The van der Waals surface area contributed by atoms with E-state index >= 15 is 0 Å². The number of hydrogen-bond donors (Lipinski definition) is 1. The van der Waals surface area contributed by atoms with Gasteiger partial charge in [-0.1, -0.05) is 37.3 Å². The van der Waals surface area contributed by atoms with E-state index in [1.807, 2.05) is 6.07 Å². The fourth-order valence-corrected chi connectivity index (χ4v) is 2.56. The van der Waals surface area contributed by atoms with Crippen molar-refractivity contribution >= 4 is 16.9 Å². The molecule has 116 valence electrons. The molecule has 4 heteroatoms. The molecule has 0 atom stereocenters. The summed E-state index contributed by atoms with van der Waals surface area (Å²) in [5, 5.41) is 9.32. The van der Waals surface area contributed by atoms with Crippen LogP contribution in [0, 0.1) is 0 Å². The third-order valence-electron chi connectivity index (χ3n) is 3.91. The first kappa shape index (κ1) is 15.0. The monoisotopic (exact) mass is 308 g/mol. The summed E-state index contributed by atoms with van der Waals surface area (Å²) in [6, 6.07) is 13.6. The number of fused-ring (bicyclic) bond motifs is 1. The molecule has 0 unspecified atom stereocenters. The van der Waals surface area contributed by atoms with Gasteiger partial charge in [0.25, 0.3) is 0 Å². The van der Waals surface area contributed by atoms with Crippen LogP contribution in [0.4, 0.5) is 0 Å². The topological polar surface area (TPSA) is 67.5 Å². The fourth-order valence-electron chi connectivity index (χ4n) is 2.56. The molecule has 4 nitrogen and oxygen atoms in total. The molecule has 0 aliphatic rings. The van der Waals surface area contributed by atoms with Crippen LogP contribution < -0.4 is 5.43 Å². The Morgan fingerprint density at radius 1 is 1.04 bits per heavy atom. The van der Waals surface area contributed by atoms with Crippen LogP contribution in [-0.2, 0) is 12.8 Å². The van der Waals surface area contributed by atoms with Gasteiger partial charge in [0, 0.05) is 0 Å². The van der Waals surface area contributed by atoms with Crippen LogP contribution in [0.15, 0.2) is 57.9 Å². The highest BCUT2D eigenvalue weighted by atomic mass is 16.4. The number of aromatic carboxylic acids is 1. The number of carboxylic acid groups (broad SMARTS) is 1. The third kappa shape index (κ3) is 3.01. The summed E-state index contributed by atoms with van der Waals surface area (Å²) in [5.41, 5.74) is 2.89. The zero-order chi connectivity index (χ0) is 16.4. The lowest BCUT2D eigenvalue weighted by atomic mass is 10.0. The van der Waals surface area contributed by atoms with Gasteiger partial charge in [-0.3, -0.25) is 4.79 Å². The standard InChI is InChI=1S/C19H16O4/c1-2-12-3-5-13(6-4-12)9-14-7-8-17-15(10-14)18(20)16(11-23-17)19(21)22/h3-8,10-11H,2,9H2,1H3,(H,21,22). The van der Waals surface area contributed by atoms with Gasteiger partial charge in [-0.2, -0.15) is 0 Å². The first-order valence-corrected chi connectivity index (χ1v) is 7.44. The molecule has 3 rings (SSSR count). The average molecular weight is 308 g/mol. The summed E-state index contributed by atoms with van der Waals surface area (Å²) in [7, 11) is 0. The summed E-state index contributed by atoms with van der Waals surface area (Å²) in [4.78, 5) is 23.3. The van der Waals surface area contributed by atoms with Gasteiger partial charge in [-0.15, -0.1) is 0 Å². The van der Waals surface area contributed by atoms with Gasteiger partial charge in [0.2, 0.25) is 5.43 Å². The Morgan fingerprint density at radius 3 is 2.35 bits per heavy atom. The van der Waals surface area contributed by atoms with Gasteiger partial charge >= 0.3 is 5.97 Å². The van der Waals surface area contributed by atoms with Crippen molar-refractivity contribution in [1.29, 1.82) is 0 Å². The number of hydrogen-bond acceptors (Lipinski definition) is 3. The van der Waals surface area contributed by atoms with E-state index in [4.69, 9.17) is 9.52 Å². The number of carbonyl (C=O) groups is 1. The second-order valence-electron chi connectivity index (χ2n) is 5.46. The van der Waals surface area contributed by atoms with Gasteiger partial charge in [-0.25, -0.2) is 4.79 Å². The Labute approximate surface area is 133 Å². The van der Waals surface area contributed by atoms with E-state index in [1.165, 1.54) is 5.56 Å². The minimum Gasteiger partial charge on any atom is -0.477 e. The minimum absolute atomic E-state index is 0.299. The van der Waals surface area contributed by atoms with E-state index in [-0.39, 0.29) is 5.56 Å². The number of carboxylic acids is 1. The Hall–Kier alpha value is -2.88. The molecule has 0 fully saturated rings. The first-order chi connectivity index (χ1) is 11.1.